The van der Waals surface area contributed by atoms with Crippen molar-refractivity contribution in [1.29, 1.82) is 0 Å². The van der Waals surface area contributed by atoms with E-state index in [9.17, 15) is 17.8 Å². The Bertz CT molecular complexity index is 538. The van der Waals surface area contributed by atoms with Crippen LogP contribution in [0, 0.1) is 5.41 Å². The van der Waals surface area contributed by atoms with Gasteiger partial charge in [-0.1, -0.05) is 24.3 Å². The summed E-state index contributed by atoms with van der Waals surface area (Å²) < 4.78 is 36.3. The fraction of sp³-hybridized carbons (Fsp3) is 0.615. The van der Waals surface area contributed by atoms with Gasteiger partial charge in [-0.05, 0) is 34.6 Å². The molecule has 0 saturated heterocycles. The third kappa shape index (κ3) is 2.74. The Balaban J connectivity index is 3.32. The lowest BCUT2D eigenvalue weighted by Gasteiger charge is -2.40. The molecule has 1 N–H and O–H groups in total. The smallest absolute Gasteiger partial charge is 0.318 e. The Kier molecular flexibility index (Phi) is 3.73. The Morgan fingerprint density at radius 1 is 1.16 bits per heavy atom. The second-order valence-corrected chi connectivity index (χ2v) is 7.80. The van der Waals surface area contributed by atoms with Crippen LogP contribution in [0.2, 0.25) is 0 Å². The number of esters is 1. The van der Waals surface area contributed by atoms with Crippen molar-refractivity contribution in [3.8, 4) is 0 Å². The van der Waals surface area contributed by atoms with Gasteiger partial charge < -0.3 is 4.74 Å². The Hall–Kier alpha value is -1.14. The normalized spacial score (nSPS) is 31.3. The summed E-state index contributed by atoms with van der Waals surface area (Å²) in [6, 6.07) is 0. The molecule has 0 aromatic heterocycles. The number of rotatable bonds is 2. The fourth-order valence-electron chi connectivity index (χ4n) is 1.83. The molecule has 0 aromatic rings. The van der Waals surface area contributed by atoms with Crippen molar-refractivity contribution in [3.05, 3.63) is 24.3 Å². The van der Waals surface area contributed by atoms with Gasteiger partial charge >= 0.3 is 5.97 Å². The van der Waals surface area contributed by atoms with E-state index in [1.54, 1.807) is 26.8 Å². The molecule has 1 rings (SSSR count). The van der Waals surface area contributed by atoms with Crippen LogP contribution in [0.4, 0.5) is 0 Å². The summed E-state index contributed by atoms with van der Waals surface area (Å²) in [6.45, 7) is 7.82. The first-order valence-corrected chi connectivity index (χ1v) is 7.35. The van der Waals surface area contributed by atoms with Crippen LogP contribution in [0.5, 0.6) is 0 Å². The Morgan fingerprint density at radius 2 is 1.63 bits per heavy atom. The van der Waals surface area contributed by atoms with E-state index in [2.05, 4.69) is 0 Å². The van der Waals surface area contributed by atoms with Crippen molar-refractivity contribution in [2.24, 2.45) is 5.41 Å². The van der Waals surface area contributed by atoms with Crippen LogP contribution < -0.4 is 0 Å². The first kappa shape index (κ1) is 15.9. The summed E-state index contributed by atoms with van der Waals surface area (Å²) in [6.07, 6.45) is 5.79. The first-order chi connectivity index (χ1) is 8.33. The van der Waals surface area contributed by atoms with Crippen molar-refractivity contribution in [2.75, 3.05) is 0 Å². The van der Waals surface area contributed by atoms with E-state index in [1.165, 1.54) is 32.1 Å². The zero-order valence-corrected chi connectivity index (χ0v) is 12.6. The molecular formula is C13H20O5S. The van der Waals surface area contributed by atoms with E-state index in [4.69, 9.17) is 4.74 Å². The maximum atomic E-state index is 12.3. The highest BCUT2D eigenvalue weighted by Crippen LogP contribution is 2.43. The van der Waals surface area contributed by atoms with Crippen LogP contribution in [0.3, 0.4) is 0 Å². The first-order valence-electron chi connectivity index (χ1n) is 5.91. The van der Waals surface area contributed by atoms with Crippen molar-refractivity contribution < 1.29 is 22.5 Å². The number of ether oxygens (including phenoxy) is 1. The van der Waals surface area contributed by atoms with Crippen LogP contribution in [0.25, 0.3) is 0 Å². The lowest BCUT2D eigenvalue weighted by Crippen LogP contribution is -2.54. The number of carbonyl (C=O) groups is 1. The summed E-state index contributed by atoms with van der Waals surface area (Å²) in [5.41, 5.74) is -2.22. The number of hydrogen-bond acceptors (Lipinski definition) is 4. The number of allylic oxidation sites excluding steroid dienone is 2. The molecule has 0 heterocycles. The molecule has 0 amide bonds. The van der Waals surface area contributed by atoms with Gasteiger partial charge in [-0.3, -0.25) is 9.35 Å². The second-order valence-electron chi connectivity index (χ2n) is 6.00. The molecule has 0 aliphatic heterocycles. The summed E-state index contributed by atoms with van der Waals surface area (Å²) in [5.74, 6) is -0.694. The average molecular weight is 288 g/mol. The molecule has 1 aliphatic rings. The van der Waals surface area contributed by atoms with E-state index in [0.717, 1.165) is 0 Å². The van der Waals surface area contributed by atoms with E-state index >= 15 is 0 Å². The van der Waals surface area contributed by atoms with Crippen molar-refractivity contribution in [3.63, 3.8) is 0 Å². The zero-order valence-electron chi connectivity index (χ0n) is 11.8. The lowest BCUT2D eigenvalue weighted by atomic mass is 9.74. The van der Waals surface area contributed by atoms with E-state index < -0.39 is 31.9 Å². The molecule has 0 saturated carbocycles. The monoisotopic (exact) mass is 288 g/mol. The van der Waals surface area contributed by atoms with Crippen molar-refractivity contribution >= 4 is 16.1 Å². The van der Waals surface area contributed by atoms with Crippen molar-refractivity contribution in [2.45, 2.75) is 45.0 Å². The summed E-state index contributed by atoms with van der Waals surface area (Å²) >= 11 is 0. The van der Waals surface area contributed by atoms with Crippen LogP contribution in [-0.4, -0.2) is 29.3 Å². The van der Waals surface area contributed by atoms with Gasteiger partial charge in [0.05, 0.1) is 0 Å². The van der Waals surface area contributed by atoms with E-state index in [1.807, 2.05) is 0 Å². The minimum atomic E-state index is -4.47. The number of carbonyl (C=O) groups excluding carboxylic acids is 1. The standard InChI is InChI=1S/C13H20O5S/c1-11(2,3)18-10(14)12(4)8-6-7-9-13(12,5)19(15,16)17/h6-9H,1-5H3,(H,15,16,17)/t12?,13-/m0/s1. The molecule has 1 aliphatic carbocycles. The second kappa shape index (κ2) is 4.45. The maximum absolute atomic E-state index is 12.3. The highest BCUT2D eigenvalue weighted by Gasteiger charge is 2.57. The quantitative estimate of drug-likeness (QED) is 0.621. The van der Waals surface area contributed by atoms with Gasteiger partial charge in [-0.15, -0.1) is 0 Å². The van der Waals surface area contributed by atoms with Gasteiger partial charge in [0, 0.05) is 0 Å². The Morgan fingerprint density at radius 3 is 2.05 bits per heavy atom. The molecule has 6 heteroatoms. The summed E-state index contributed by atoms with van der Waals surface area (Å²) in [5, 5.41) is 0. The molecule has 0 bridgehead atoms. The van der Waals surface area contributed by atoms with Crippen LogP contribution in [0.1, 0.15) is 34.6 Å². The predicted molar refractivity (Wildman–Crippen MR) is 72.2 cm³/mol. The average Bonchev–Trinajstić information content (AvgIpc) is 2.18. The molecular weight excluding hydrogens is 268 g/mol. The topological polar surface area (TPSA) is 80.7 Å². The van der Waals surface area contributed by atoms with E-state index in [-0.39, 0.29) is 0 Å². The molecule has 108 valence electrons. The molecule has 2 atom stereocenters. The summed E-state index contributed by atoms with van der Waals surface area (Å²) in [7, 11) is -4.47. The van der Waals surface area contributed by atoms with Crippen LogP contribution in [-0.2, 0) is 19.6 Å². The highest BCUT2D eigenvalue weighted by atomic mass is 32.2. The van der Waals surface area contributed by atoms with Gasteiger partial charge in [-0.25, -0.2) is 0 Å². The Labute approximate surface area is 114 Å². The van der Waals surface area contributed by atoms with Gasteiger partial charge in [0.2, 0.25) is 0 Å². The molecule has 19 heavy (non-hydrogen) atoms. The highest BCUT2D eigenvalue weighted by molar-refractivity contribution is 7.87. The van der Waals surface area contributed by atoms with Gasteiger partial charge in [0.25, 0.3) is 10.1 Å². The molecule has 5 nitrogen and oxygen atoms in total. The SMILES string of the molecule is CC(C)(C)OC(=O)C1(C)C=CC=C[C@]1(C)S(=O)(=O)O. The summed E-state index contributed by atoms with van der Waals surface area (Å²) in [4.78, 5) is 12.3. The molecule has 1 unspecified atom stereocenters. The molecule has 0 spiro atoms. The van der Waals surface area contributed by atoms with Gasteiger partial charge in [0.1, 0.15) is 15.8 Å². The molecule has 0 radical (unpaired) electrons. The van der Waals surface area contributed by atoms with E-state index in [0.29, 0.717) is 0 Å². The third-order valence-electron chi connectivity index (χ3n) is 3.34. The molecule has 0 aromatic carbocycles. The minimum absolute atomic E-state index is 0.694. The number of hydrogen-bond donors (Lipinski definition) is 1. The van der Waals surface area contributed by atoms with Gasteiger partial charge in [-0.2, -0.15) is 8.42 Å². The van der Waals surface area contributed by atoms with Crippen LogP contribution >= 0.6 is 0 Å². The maximum Gasteiger partial charge on any atom is 0.318 e. The largest absolute Gasteiger partial charge is 0.459 e. The van der Waals surface area contributed by atoms with Crippen molar-refractivity contribution in [1.82, 2.24) is 0 Å². The predicted octanol–water partition coefficient (Wildman–Crippen LogP) is 2.11. The lowest BCUT2D eigenvalue weighted by molar-refractivity contribution is -0.164. The van der Waals surface area contributed by atoms with Gasteiger partial charge in [0.15, 0.2) is 0 Å². The fourth-order valence-corrected chi connectivity index (χ4v) is 2.77. The third-order valence-corrected chi connectivity index (χ3v) is 4.98. The molecule has 0 fully saturated rings. The minimum Gasteiger partial charge on any atom is -0.459 e. The van der Waals surface area contributed by atoms with Crippen LogP contribution in [0.15, 0.2) is 24.3 Å². The zero-order chi connectivity index (χ0) is 15.1.